The Kier molecular flexibility index (Phi) is 21.4. The second kappa shape index (κ2) is 26.4. The Balaban J connectivity index is 1.92. The first-order valence-corrected chi connectivity index (χ1v) is 23.6. The zero-order valence-corrected chi connectivity index (χ0v) is 43.3. The summed E-state index contributed by atoms with van der Waals surface area (Å²) in [5.74, 6) is -6.46. The highest BCUT2D eigenvalue weighted by Crippen LogP contribution is 2.16. The zero-order chi connectivity index (χ0) is 54.0. The molecule has 0 spiro atoms. The van der Waals surface area contributed by atoms with Gasteiger partial charge in [0.15, 0.2) is 0 Å². The van der Waals surface area contributed by atoms with Gasteiger partial charge >= 0.3 is 0 Å². The van der Waals surface area contributed by atoms with E-state index >= 15 is 0 Å². The molecule has 18 heteroatoms. The molecule has 0 unspecified atom stereocenters. The summed E-state index contributed by atoms with van der Waals surface area (Å²) in [7, 11) is 1.45. The number of nitrogens with one attached hydrogen (secondary N) is 9. The molecule has 0 aliphatic rings. The number of carbonyl (C=O) groups is 9. The Morgan fingerprint density at radius 2 is 0.750 bits per heavy atom. The van der Waals surface area contributed by atoms with E-state index in [0.717, 1.165) is 0 Å². The van der Waals surface area contributed by atoms with E-state index in [4.69, 9.17) is 0 Å². The average Bonchev–Trinajstić information content (AvgIpc) is 3.30. The molecule has 9 N–H and O–H groups in total. The van der Waals surface area contributed by atoms with E-state index in [1.54, 1.807) is 91.0 Å². The van der Waals surface area contributed by atoms with Crippen LogP contribution in [0.15, 0.2) is 108 Å². The Morgan fingerprint density at radius 1 is 0.444 bits per heavy atom. The first-order valence-electron chi connectivity index (χ1n) is 23.6. The molecular weight excluding hydrogens is 919 g/mol. The second-order valence-electron chi connectivity index (χ2n) is 19.7. The minimum atomic E-state index is -1.79. The van der Waals surface area contributed by atoms with Crippen molar-refractivity contribution in [2.24, 2.45) is 11.8 Å². The summed E-state index contributed by atoms with van der Waals surface area (Å²) < 4.78 is 0. The van der Waals surface area contributed by atoms with Gasteiger partial charge in [0.1, 0.15) is 45.8 Å². The van der Waals surface area contributed by atoms with Gasteiger partial charge in [0.2, 0.25) is 35.4 Å². The van der Waals surface area contributed by atoms with Crippen LogP contribution in [0.4, 0.5) is 0 Å². The number of benzene rings is 3. The van der Waals surface area contributed by atoms with Crippen molar-refractivity contribution in [3.63, 3.8) is 0 Å². The molecule has 9 amide bonds. The molecule has 0 fully saturated rings. The highest BCUT2D eigenvalue weighted by Gasteiger charge is 2.38. The van der Waals surface area contributed by atoms with Gasteiger partial charge in [-0.2, -0.15) is 0 Å². The first-order chi connectivity index (χ1) is 33.6. The smallest absolute Gasteiger partial charge is 0.268 e. The maximum Gasteiger partial charge on any atom is 0.268 e. The summed E-state index contributed by atoms with van der Waals surface area (Å²) in [6, 6.07) is 23.9. The minimum Gasteiger partial charge on any atom is -0.357 e. The Morgan fingerprint density at radius 3 is 1.06 bits per heavy atom. The highest BCUT2D eigenvalue weighted by molar-refractivity contribution is 6.09. The fraction of sp³-hybridized carbons (Fsp3) is 0.389. The van der Waals surface area contributed by atoms with Gasteiger partial charge in [-0.15, -0.1) is 0 Å². The van der Waals surface area contributed by atoms with Crippen LogP contribution in [0.3, 0.4) is 0 Å². The molecule has 386 valence electrons. The van der Waals surface area contributed by atoms with E-state index in [1.165, 1.54) is 73.7 Å². The third-order valence-corrected chi connectivity index (χ3v) is 10.8. The van der Waals surface area contributed by atoms with E-state index in [0.29, 0.717) is 29.5 Å². The van der Waals surface area contributed by atoms with Crippen LogP contribution in [0.1, 0.15) is 106 Å². The van der Waals surface area contributed by atoms with Crippen LogP contribution >= 0.6 is 0 Å². The summed E-state index contributed by atoms with van der Waals surface area (Å²) in [6.07, 6.45) is 4.80. The quantitative estimate of drug-likeness (QED) is 0.0622. The molecule has 0 heterocycles. The normalized spacial score (nSPS) is 13.2. The fourth-order valence-corrected chi connectivity index (χ4v) is 6.79. The van der Waals surface area contributed by atoms with Crippen molar-refractivity contribution in [3.05, 3.63) is 125 Å². The summed E-state index contributed by atoms with van der Waals surface area (Å²) in [5.41, 5.74) is -4.43. The molecule has 3 aromatic carbocycles. The average molecular weight is 990 g/mol. The number of hydrogen-bond acceptors (Lipinski definition) is 9. The Labute approximate surface area is 422 Å². The van der Waals surface area contributed by atoms with Gasteiger partial charge in [-0.05, 0) is 101 Å². The predicted molar refractivity (Wildman–Crippen MR) is 277 cm³/mol. The van der Waals surface area contributed by atoms with E-state index in [1.807, 2.05) is 27.7 Å². The van der Waals surface area contributed by atoms with Crippen LogP contribution in [-0.2, 0) is 43.2 Å². The molecule has 72 heavy (non-hydrogen) atoms. The molecule has 0 bridgehead atoms. The molecule has 0 saturated heterocycles. The molecule has 3 rings (SSSR count). The third-order valence-electron chi connectivity index (χ3n) is 10.8. The van der Waals surface area contributed by atoms with Gasteiger partial charge in [0, 0.05) is 14.0 Å². The van der Waals surface area contributed by atoms with Crippen molar-refractivity contribution in [3.8, 4) is 0 Å². The van der Waals surface area contributed by atoms with Crippen LogP contribution in [0.25, 0.3) is 18.2 Å². The number of rotatable bonds is 23. The van der Waals surface area contributed by atoms with Gasteiger partial charge in [0.05, 0.1) is 0 Å². The number of hydrogen-bond donors (Lipinski definition) is 9. The topological polar surface area (TPSA) is 262 Å². The summed E-state index contributed by atoms with van der Waals surface area (Å²) in [4.78, 5) is 122. The second-order valence-corrected chi connectivity index (χ2v) is 19.7. The molecule has 0 aromatic heterocycles. The lowest BCUT2D eigenvalue weighted by Crippen LogP contribution is -2.60. The summed E-state index contributed by atoms with van der Waals surface area (Å²) in [6.45, 7) is 17.2. The molecular formula is C54H71N9O9. The lowest BCUT2D eigenvalue weighted by atomic mass is 9.99. The first kappa shape index (κ1) is 58.4. The molecule has 18 nitrogen and oxygen atoms in total. The molecule has 0 aliphatic heterocycles. The predicted octanol–water partition coefficient (Wildman–Crippen LogP) is 3.97. The van der Waals surface area contributed by atoms with Gasteiger partial charge in [-0.25, -0.2) is 0 Å². The van der Waals surface area contributed by atoms with Crippen molar-refractivity contribution in [1.82, 2.24) is 47.9 Å². The number of likely N-dealkylation sites (N-methyl/N-ethyl adjacent to an activating group) is 1. The van der Waals surface area contributed by atoms with Crippen molar-refractivity contribution in [2.45, 2.75) is 118 Å². The maximum atomic E-state index is 14.3. The Bertz CT molecular complexity index is 2530. The van der Waals surface area contributed by atoms with Crippen molar-refractivity contribution < 1.29 is 43.2 Å². The molecule has 0 saturated carbocycles. The summed E-state index contributed by atoms with van der Waals surface area (Å²) >= 11 is 0. The van der Waals surface area contributed by atoms with Crippen LogP contribution in [0.2, 0.25) is 0 Å². The van der Waals surface area contributed by atoms with Crippen molar-refractivity contribution in [2.75, 3.05) is 7.05 Å². The Hall–Kier alpha value is -7.89. The van der Waals surface area contributed by atoms with E-state index in [9.17, 15) is 43.2 Å². The number of amides is 9. The molecule has 3 aromatic rings. The van der Waals surface area contributed by atoms with E-state index < -0.39 is 81.9 Å². The largest absolute Gasteiger partial charge is 0.357 e. The molecule has 0 radical (unpaired) electrons. The van der Waals surface area contributed by atoms with Gasteiger partial charge in [0.25, 0.3) is 17.7 Å². The maximum absolute atomic E-state index is 14.3. The molecule has 2 atom stereocenters. The monoisotopic (exact) mass is 990 g/mol. The number of carbonyl (C=O) groups excluding carboxylic acids is 9. The fourth-order valence-electron chi connectivity index (χ4n) is 6.79. The van der Waals surface area contributed by atoms with Gasteiger partial charge in [-0.1, -0.05) is 119 Å². The molecule has 0 aliphatic carbocycles. The van der Waals surface area contributed by atoms with Crippen LogP contribution in [0, 0.1) is 11.8 Å². The van der Waals surface area contributed by atoms with E-state index in [2.05, 4.69) is 47.9 Å². The highest BCUT2D eigenvalue weighted by atomic mass is 16.2. The van der Waals surface area contributed by atoms with Gasteiger partial charge < -0.3 is 47.9 Å². The van der Waals surface area contributed by atoms with Crippen LogP contribution < -0.4 is 47.9 Å². The van der Waals surface area contributed by atoms with Gasteiger partial charge in [-0.3, -0.25) is 43.2 Å². The third kappa shape index (κ3) is 18.8. The summed E-state index contributed by atoms with van der Waals surface area (Å²) in [5, 5.41) is 23.6. The van der Waals surface area contributed by atoms with E-state index in [-0.39, 0.29) is 28.9 Å². The minimum absolute atomic E-state index is 0.0289. The zero-order valence-electron chi connectivity index (χ0n) is 43.3. The van der Waals surface area contributed by atoms with Crippen LogP contribution in [0.5, 0.6) is 0 Å². The lowest BCUT2D eigenvalue weighted by Gasteiger charge is -2.30. The van der Waals surface area contributed by atoms with Crippen molar-refractivity contribution in [1.29, 1.82) is 0 Å². The van der Waals surface area contributed by atoms with Crippen molar-refractivity contribution >= 4 is 71.4 Å². The SMILES string of the molecule is CNC(=O)[C@@H](CC(C)C)NC(=O)/C(=C/c1ccccc1)NC(=O)C(C)(C)NC(=O)/C(=C/c1ccccc1)NC(=O)C(C)(C)NC(=O)/C(=C/c1ccccc1)NC(=O)C(C)(C)NC(=O)[C@@H](CC(C)C)NC(C)=O. The standard InChI is InChI=1S/C54H71N9O9/c1-33(2)28-39(44(65)55-12)57-45(66)41(30-36-22-16-13-17-23-36)58-49(70)52(6,7)62-47(68)42(31-37-24-18-14-19-25-37)60-51(72)54(10,11)63-48(69)43(32-38-26-20-15-21-27-38)59-50(71)53(8,9)61-46(67)40(29-34(3)4)56-35(5)64/h13-27,30-34,39-40H,28-29H2,1-12H3,(H,55,65)(H,56,64)(H,57,66)(H,58,70)(H,59,71)(H,60,72)(H,61,67)(H,62,68)(H,63,69)/b41-30-,42-31-,43-32-/t39-,40-/m1/s1. The van der Waals surface area contributed by atoms with Crippen LogP contribution in [-0.4, -0.2) is 88.9 Å². The lowest BCUT2D eigenvalue weighted by molar-refractivity contribution is -0.135.